The Morgan fingerprint density at radius 1 is 0.938 bits per heavy atom. The van der Waals surface area contributed by atoms with Crippen molar-refractivity contribution in [2.24, 2.45) is 0 Å². The molecule has 0 radical (unpaired) electrons. The van der Waals surface area contributed by atoms with Gasteiger partial charge in [0.05, 0.1) is 12.7 Å². The molecular formula is C40H50N6O2. The van der Waals surface area contributed by atoms with Crippen LogP contribution in [0.4, 0.5) is 5.69 Å². The summed E-state index contributed by atoms with van der Waals surface area (Å²) in [6.07, 6.45) is 14.2. The van der Waals surface area contributed by atoms with Gasteiger partial charge >= 0.3 is 0 Å². The van der Waals surface area contributed by atoms with Crippen LogP contribution in [0.1, 0.15) is 63.8 Å². The number of hydrogen-bond acceptors (Lipinski definition) is 7. The van der Waals surface area contributed by atoms with Gasteiger partial charge in [0.15, 0.2) is 5.76 Å². The number of aryl methyl sites for hydroxylation is 1. The van der Waals surface area contributed by atoms with Crippen LogP contribution in [-0.4, -0.2) is 33.3 Å². The second-order valence-corrected chi connectivity index (χ2v) is 11.3. The number of allylic oxidation sites excluding steroid dienone is 1. The standard InChI is InChI=1S/C23H20N4O2.C13H20N2.C4H10/c1-2-13-27-22(18-11-7-4-8-12-18)25-16-21(23(27)28)24-15-19-14-20(26-29-19)17-9-5-3-6-10-17;1-4-5-12-6-7-15-10-13(12)8-11(2)9-14-3;1-3-4-2/h2-12,14,16,24H,1,13,15H2;6-8,10,14H,4-5,9H2,1-3H3;3-4H2,1-2H3/b;11-8+;. The SMILES string of the molecule is C=CCn1c(-c2ccccc2)ncc(NCc2cc(-c3ccccc3)no2)c1=O.CCCC.CCCc1ccncc1/C=C(\C)CNC. The van der Waals surface area contributed by atoms with Gasteiger partial charge in [-0.15, -0.1) is 6.58 Å². The fraction of sp³-hybridized carbons (Fsp3) is 0.300. The highest BCUT2D eigenvalue weighted by Gasteiger charge is 2.12. The first-order chi connectivity index (χ1) is 23.4. The van der Waals surface area contributed by atoms with Crippen molar-refractivity contribution < 1.29 is 4.52 Å². The molecule has 0 aliphatic carbocycles. The van der Waals surface area contributed by atoms with E-state index in [0.29, 0.717) is 30.4 Å². The highest BCUT2D eigenvalue weighted by molar-refractivity contribution is 5.59. The summed E-state index contributed by atoms with van der Waals surface area (Å²) in [5, 5.41) is 10.4. The quantitative estimate of drug-likeness (QED) is 0.123. The molecule has 0 atom stereocenters. The van der Waals surface area contributed by atoms with Gasteiger partial charge in [0.25, 0.3) is 5.56 Å². The Kier molecular flexibility index (Phi) is 16.3. The average Bonchev–Trinajstić information content (AvgIpc) is 3.60. The fourth-order valence-corrected chi connectivity index (χ4v) is 4.71. The molecule has 8 heteroatoms. The first-order valence-electron chi connectivity index (χ1n) is 16.7. The van der Waals surface area contributed by atoms with Gasteiger partial charge in [0, 0.05) is 42.7 Å². The van der Waals surface area contributed by atoms with Gasteiger partial charge in [-0.05, 0) is 37.6 Å². The third kappa shape index (κ3) is 11.6. The molecule has 2 aromatic carbocycles. The summed E-state index contributed by atoms with van der Waals surface area (Å²) >= 11 is 0. The molecule has 3 aromatic heterocycles. The van der Waals surface area contributed by atoms with Gasteiger partial charge in [-0.1, -0.05) is 124 Å². The van der Waals surface area contributed by atoms with Crippen molar-refractivity contribution in [2.75, 3.05) is 18.9 Å². The van der Waals surface area contributed by atoms with Crippen LogP contribution in [-0.2, 0) is 19.5 Å². The smallest absolute Gasteiger partial charge is 0.277 e. The lowest BCUT2D eigenvalue weighted by molar-refractivity contribution is 0.390. The number of rotatable bonds is 13. The van der Waals surface area contributed by atoms with Gasteiger partial charge in [-0.2, -0.15) is 0 Å². The lowest BCUT2D eigenvalue weighted by Gasteiger charge is -2.12. The lowest BCUT2D eigenvalue weighted by atomic mass is 10.0. The fourth-order valence-electron chi connectivity index (χ4n) is 4.71. The molecule has 0 amide bonds. The first kappa shape index (κ1) is 37.4. The molecule has 0 unspecified atom stereocenters. The normalized spacial score (nSPS) is 10.7. The molecule has 0 saturated carbocycles. The van der Waals surface area contributed by atoms with Crippen molar-refractivity contribution in [2.45, 2.75) is 66.5 Å². The Balaban J connectivity index is 0.000000276. The molecule has 0 aliphatic rings. The van der Waals surface area contributed by atoms with Crippen molar-refractivity contribution in [3.8, 4) is 22.6 Å². The highest BCUT2D eigenvalue weighted by Crippen LogP contribution is 2.20. The molecule has 0 fully saturated rings. The van der Waals surface area contributed by atoms with Crippen molar-refractivity contribution >= 4 is 11.8 Å². The van der Waals surface area contributed by atoms with Crippen molar-refractivity contribution in [3.05, 3.63) is 137 Å². The van der Waals surface area contributed by atoms with Gasteiger partial charge in [0.2, 0.25) is 0 Å². The molecule has 2 N–H and O–H groups in total. The molecule has 5 rings (SSSR count). The number of unbranched alkanes of at least 4 members (excludes halogenated alkanes) is 1. The highest BCUT2D eigenvalue weighted by atomic mass is 16.5. The number of anilines is 1. The van der Waals surface area contributed by atoms with Crippen LogP contribution < -0.4 is 16.2 Å². The predicted molar refractivity (Wildman–Crippen MR) is 200 cm³/mol. The molecular weight excluding hydrogens is 596 g/mol. The Labute approximate surface area is 285 Å². The largest absolute Gasteiger partial charge is 0.372 e. The number of pyridine rings is 1. The Morgan fingerprint density at radius 3 is 2.25 bits per heavy atom. The zero-order valence-corrected chi connectivity index (χ0v) is 29.1. The van der Waals surface area contributed by atoms with E-state index in [1.807, 2.05) is 86.2 Å². The third-order valence-corrected chi connectivity index (χ3v) is 7.30. The molecule has 5 aromatic rings. The van der Waals surface area contributed by atoms with E-state index in [1.54, 1.807) is 16.8 Å². The summed E-state index contributed by atoms with van der Waals surface area (Å²) in [6, 6.07) is 23.4. The number of benzene rings is 2. The van der Waals surface area contributed by atoms with Crippen molar-refractivity contribution in [1.82, 2.24) is 25.0 Å². The van der Waals surface area contributed by atoms with E-state index >= 15 is 0 Å². The van der Waals surface area contributed by atoms with Crippen molar-refractivity contribution in [1.29, 1.82) is 0 Å². The summed E-state index contributed by atoms with van der Waals surface area (Å²) < 4.78 is 6.99. The van der Waals surface area contributed by atoms with Crippen LogP contribution in [0.2, 0.25) is 0 Å². The average molecular weight is 647 g/mol. The van der Waals surface area contributed by atoms with Crippen LogP contribution in [0.3, 0.4) is 0 Å². The van der Waals surface area contributed by atoms with Crippen LogP contribution in [0.25, 0.3) is 28.7 Å². The zero-order chi connectivity index (χ0) is 34.6. The van der Waals surface area contributed by atoms with Gasteiger partial charge in [-0.25, -0.2) is 4.98 Å². The number of nitrogens with zero attached hydrogens (tertiary/aromatic N) is 4. The zero-order valence-electron chi connectivity index (χ0n) is 29.1. The maximum Gasteiger partial charge on any atom is 0.277 e. The minimum absolute atomic E-state index is 0.165. The third-order valence-electron chi connectivity index (χ3n) is 7.30. The molecule has 0 spiro atoms. The van der Waals surface area contributed by atoms with Crippen LogP contribution >= 0.6 is 0 Å². The van der Waals surface area contributed by atoms with E-state index in [1.165, 1.54) is 36.0 Å². The number of likely N-dealkylation sites (N-methyl/N-ethyl adjacent to an activating group) is 1. The topological polar surface area (TPSA) is 97.9 Å². The van der Waals surface area contributed by atoms with E-state index in [4.69, 9.17) is 4.52 Å². The summed E-state index contributed by atoms with van der Waals surface area (Å²) in [5.41, 5.74) is 6.82. The number of nitrogens with one attached hydrogen (secondary N) is 2. The monoisotopic (exact) mass is 646 g/mol. The summed E-state index contributed by atoms with van der Waals surface area (Å²) in [4.78, 5) is 21.6. The minimum atomic E-state index is -0.165. The molecule has 0 saturated heterocycles. The second-order valence-electron chi connectivity index (χ2n) is 11.3. The van der Waals surface area contributed by atoms with E-state index < -0.39 is 0 Å². The number of aromatic nitrogens is 4. The summed E-state index contributed by atoms with van der Waals surface area (Å²) in [7, 11) is 1.97. The summed E-state index contributed by atoms with van der Waals surface area (Å²) in [6.45, 7) is 14.1. The van der Waals surface area contributed by atoms with Crippen LogP contribution in [0.15, 0.2) is 119 Å². The minimum Gasteiger partial charge on any atom is -0.372 e. The van der Waals surface area contributed by atoms with Gasteiger partial charge in [0.1, 0.15) is 17.2 Å². The Morgan fingerprint density at radius 2 is 1.62 bits per heavy atom. The van der Waals surface area contributed by atoms with E-state index in [0.717, 1.165) is 29.8 Å². The summed E-state index contributed by atoms with van der Waals surface area (Å²) in [5.74, 6) is 1.23. The van der Waals surface area contributed by atoms with Crippen LogP contribution in [0, 0.1) is 0 Å². The molecule has 3 heterocycles. The molecule has 8 nitrogen and oxygen atoms in total. The van der Waals surface area contributed by atoms with Gasteiger partial charge in [-0.3, -0.25) is 14.3 Å². The lowest BCUT2D eigenvalue weighted by Crippen LogP contribution is -2.25. The number of hydrogen-bond donors (Lipinski definition) is 2. The Bertz CT molecular complexity index is 1740. The molecule has 252 valence electrons. The predicted octanol–water partition coefficient (Wildman–Crippen LogP) is 8.83. The van der Waals surface area contributed by atoms with Gasteiger partial charge < -0.3 is 15.2 Å². The second kappa shape index (κ2) is 20.9. The van der Waals surface area contributed by atoms with Crippen molar-refractivity contribution in [3.63, 3.8) is 0 Å². The maximum absolute atomic E-state index is 13.0. The first-order valence-corrected chi connectivity index (χ1v) is 16.7. The van der Waals surface area contributed by atoms with E-state index in [9.17, 15) is 4.79 Å². The van der Waals surface area contributed by atoms with E-state index in [2.05, 4.69) is 72.2 Å². The molecule has 48 heavy (non-hydrogen) atoms. The van der Waals surface area contributed by atoms with Crippen LogP contribution in [0.5, 0.6) is 0 Å². The molecule has 0 bridgehead atoms. The maximum atomic E-state index is 13.0. The Hall–Kier alpha value is -5.08. The van der Waals surface area contributed by atoms with E-state index in [-0.39, 0.29) is 5.56 Å². The molecule has 0 aliphatic heterocycles.